The molecule has 0 aliphatic rings. The SMILES string of the molecule is [2H]C([2H])([2H])c1cccnc1-c1ccccc1.[2H]C([2H])([2H])c1cccnc1-c1ccccc1.[2H]C([2H])([2H])c1cccnc1-c1ccccc1.[Ir+3]. The summed E-state index contributed by atoms with van der Waals surface area (Å²) >= 11 is 0. The Bertz CT molecular complexity index is 1660. The Morgan fingerprint density at radius 1 is 0.375 bits per heavy atom. The van der Waals surface area contributed by atoms with Crippen molar-refractivity contribution < 1.29 is 32.4 Å². The van der Waals surface area contributed by atoms with Gasteiger partial charge in [0.1, 0.15) is 0 Å². The second-order valence-corrected chi connectivity index (χ2v) is 8.30. The predicted octanol–water partition coefficient (Wildman–Crippen LogP) is 9.17. The fourth-order valence-corrected chi connectivity index (χ4v) is 3.69. The molecule has 198 valence electrons. The van der Waals surface area contributed by atoms with Gasteiger partial charge in [0.25, 0.3) is 0 Å². The predicted molar refractivity (Wildman–Crippen MR) is 163 cm³/mol. The molecule has 3 aromatic heterocycles. The van der Waals surface area contributed by atoms with Crippen LogP contribution in [0.4, 0.5) is 0 Å². The molecular weight excluding hydrogens is 667 g/mol. The summed E-state index contributed by atoms with van der Waals surface area (Å²) in [6.07, 6.45) is 4.83. The molecular formula is C36H33IrN3+3. The number of aryl methyl sites for hydroxylation is 3. The van der Waals surface area contributed by atoms with E-state index >= 15 is 0 Å². The molecule has 4 heteroatoms. The van der Waals surface area contributed by atoms with Gasteiger partial charge >= 0.3 is 20.1 Å². The largest absolute Gasteiger partial charge is 3.00 e. The summed E-state index contributed by atoms with van der Waals surface area (Å²) < 4.78 is 67.1. The van der Waals surface area contributed by atoms with Gasteiger partial charge in [-0.15, -0.1) is 0 Å². The summed E-state index contributed by atoms with van der Waals surface area (Å²) in [4.78, 5) is 12.5. The molecule has 0 atom stereocenters. The van der Waals surface area contributed by atoms with Crippen molar-refractivity contribution in [2.75, 3.05) is 0 Å². The van der Waals surface area contributed by atoms with E-state index < -0.39 is 20.6 Å². The molecule has 0 radical (unpaired) electrons. The third-order valence-corrected chi connectivity index (χ3v) is 5.56. The van der Waals surface area contributed by atoms with E-state index in [0.717, 1.165) is 16.7 Å². The van der Waals surface area contributed by atoms with Crippen molar-refractivity contribution in [3.8, 4) is 33.8 Å². The second-order valence-electron chi connectivity index (χ2n) is 8.30. The van der Waals surface area contributed by atoms with E-state index in [1.54, 1.807) is 55.0 Å². The fraction of sp³-hybridized carbons (Fsp3) is 0.0833. The molecule has 0 saturated heterocycles. The van der Waals surface area contributed by atoms with E-state index in [1.165, 1.54) is 0 Å². The monoisotopic (exact) mass is 709 g/mol. The Hall–Kier alpha value is -4.24. The molecule has 3 heterocycles. The van der Waals surface area contributed by atoms with Gasteiger partial charge in [-0.3, -0.25) is 15.0 Å². The number of rotatable bonds is 3. The summed E-state index contributed by atoms with van der Waals surface area (Å²) in [5.74, 6) is 0. The molecule has 40 heavy (non-hydrogen) atoms. The maximum Gasteiger partial charge on any atom is 3.00 e. The van der Waals surface area contributed by atoms with E-state index in [-0.39, 0.29) is 20.1 Å². The third-order valence-electron chi connectivity index (χ3n) is 5.56. The molecule has 0 bridgehead atoms. The van der Waals surface area contributed by atoms with Gasteiger partial charge in [0.05, 0.1) is 17.1 Å². The minimum absolute atomic E-state index is 0. The number of hydrogen-bond acceptors (Lipinski definition) is 3. The van der Waals surface area contributed by atoms with Crippen LogP contribution >= 0.6 is 0 Å². The first kappa shape index (κ1) is 19.8. The molecule has 6 rings (SSSR count). The van der Waals surface area contributed by atoms with Crippen LogP contribution in [0.25, 0.3) is 33.8 Å². The normalized spacial score (nSPS) is 13.9. The van der Waals surface area contributed by atoms with Gasteiger partial charge in [-0.25, -0.2) is 0 Å². The summed E-state index contributed by atoms with van der Waals surface area (Å²) in [6.45, 7) is -6.38. The van der Waals surface area contributed by atoms with Crippen LogP contribution in [0, 0.1) is 20.6 Å². The van der Waals surface area contributed by atoms with Gasteiger partial charge in [-0.2, -0.15) is 0 Å². The Morgan fingerprint density at radius 2 is 0.650 bits per heavy atom. The minimum atomic E-state index is -2.13. The smallest absolute Gasteiger partial charge is 0.256 e. The summed E-state index contributed by atoms with van der Waals surface area (Å²) in [5, 5.41) is 0. The molecule has 0 unspecified atom stereocenters. The Balaban J connectivity index is 0.000000197. The van der Waals surface area contributed by atoms with Gasteiger partial charge in [0, 0.05) is 47.6 Å². The van der Waals surface area contributed by atoms with Crippen LogP contribution in [0.3, 0.4) is 0 Å². The standard InChI is InChI=1S/3C12H11N.Ir/c3*1-10-6-5-9-13-12(10)11-7-3-2-4-8-11;/h3*2-9H,1H3;/q;;;+3/i3*1D3;. The van der Waals surface area contributed by atoms with Gasteiger partial charge < -0.3 is 0 Å². The van der Waals surface area contributed by atoms with Crippen LogP contribution in [0.2, 0.25) is 0 Å². The van der Waals surface area contributed by atoms with Gasteiger partial charge in [-0.1, -0.05) is 109 Å². The van der Waals surface area contributed by atoms with Crippen molar-refractivity contribution >= 4 is 0 Å². The van der Waals surface area contributed by atoms with E-state index in [0.29, 0.717) is 33.8 Å². The van der Waals surface area contributed by atoms with E-state index in [1.807, 2.05) is 91.0 Å². The molecule has 3 nitrogen and oxygen atoms in total. The molecule has 6 aromatic rings. The van der Waals surface area contributed by atoms with Crippen LogP contribution in [-0.4, -0.2) is 15.0 Å². The van der Waals surface area contributed by atoms with Crippen molar-refractivity contribution in [1.82, 2.24) is 15.0 Å². The van der Waals surface area contributed by atoms with Crippen LogP contribution in [0.5, 0.6) is 0 Å². The van der Waals surface area contributed by atoms with Crippen LogP contribution in [0.15, 0.2) is 146 Å². The first-order valence-corrected chi connectivity index (χ1v) is 12.3. The maximum absolute atomic E-state index is 7.46. The zero-order valence-electron chi connectivity index (χ0n) is 30.5. The fourth-order valence-electron chi connectivity index (χ4n) is 3.69. The minimum Gasteiger partial charge on any atom is -0.256 e. The topological polar surface area (TPSA) is 38.7 Å². The summed E-state index contributed by atoms with van der Waals surface area (Å²) in [7, 11) is 0. The second kappa shape index (κ2) is 16.0. The van der Waals surface area contributed by atoms with Crippen molar-refractivity contribution in [2.24, 2.45) is 0 Å². The number of nitrogens with zero attached hydrogens (tertiary/aromatic N) is 3. The Morgan fingerprint density at radius 3 is 0.900 bits per heavy atom. The quantitative estimate of drug-likeness (QED) is 0.184. The molecule has 0 aliphatic heterocycles. The zero-order chi connectivity index (χ0) is 34.8. The Labute approximate surface area is 264 Å². The molecule has 0 spiro atoms. The molecule has 0 N–H and O–H groups in total. The number of hydrogen-bond donors (Lipinski definition) is 0. The van der Waals surface area contributed by atoms with Gasteiger partial charge in [0.15, 0.2) is 0 Å². The van der Waals surface area contributed by atoms with Crippen molar-refractivity contribution in [2.45, 2.75) is 20.6 Å². The van der Waals surface area contributed by atoms with Crippen LogP contribution in [0.1, 0.15) is 29.0 Å². The van der Waals surface area contributed by atoms with Crippen molar-refractivity contribution in [1.29, 1.82) is 0 Å². The number of aromatic nitrogens is 3. The molecule has 0 fully saturated rings. The summed E-state index contributed by atoms with van der Waals surface area (Å²) in [5.41, 5.74) is 4.95. The molecule has 0 aliphatic carbocycles. The first-order valence-electron chi connectivity index (χ1n) is 16.8. The van der Waals surface area contributed by atoms with Gasteiger partial charge in [-0.05, 0) is 55.4 Å². The summed E-state index contributed by atoms with van der Waals surface area (Å²) in [6, 6.07) is 37.8. The maximum atomic E-state index is 7.46. The van der Waals surface area contributed by atoms with Crippen molar-refractivity contribution in [3.05, 3.63) is 163 Å². The van der Waals surface area contributed by atoms with E-state index in [4.69, 9.17) is 12.3 Å². The number of benzene rings is 3. The molecule has 3 aromatic carbocycles. The molecule has 0 amide bonds. The van der Waals surface area contributed by atoms with Gasteiger partial charge in [0.2, 0.25) is 0 Å². The first-order chi connectivity index (χ1) is 22.8. The zero-order valence-corrected chi connectivity index (χ0v) is 23.9. The average Bonchev–Trinajstić information content (AvgIpc) is 3.09. The average molecular weight is 709 g/mol. The third kappa shape index (κ3) is 8.64. The van der Waals surface area contributed by atoms with E-state index in [9.17, 15) is 0 Å². The van der Waals surface area contributed by atoms with Crippen molar-refractivity contribution in [3.63, 3.8) is 0 Å². The van der Waals surface area contributed by atoms with E-state index in [2.05, 4.69) is 15.0 Å². The Kier molecular flexibility index (Phi) is 7.90. The molecule has 0 saturated carbocycles. The number of pyridine rings is 3. The van der Waals surface area contributed by atoms with Crippen LogP contribution in [-0.2, 0) is 20.1 Å². The van der Waals surface area contributed by atoms with Crippen LogP contribution < -0.4 is 0 Å².